The molecule has 5 heteroatoms. The number of hydrogen-bond acceptors (Lipinski definition) is 4. The van der Waals surface area contributed by atoms with Crippen molar-refractivity contribution in [2.75, 3.05) is 20.3 Å². The van der Waals surface area contributed by atoms with Crippen molar-refractivity contribution in [3.8, 4) is 5.75 Å². The highest BCUT2D eigenvalue weighted by Crippen LogP contribution is 2.26. The molecular formula is C17H23NO4. The molecule has 0 radical (unpaired) electrons. The maximum absolute atomic E-state index is 12.2. The van der Waals surface area contributed by atoms with Gasteiger partial charge in [-0.3, -0.25) is 9.59 Å². The first kappa shape index (κ1) is 16.3. The monoisotopic (exact) mass is 305 g/mol. The average Bonchev–Trinajstić information content (AvgIpc) is 2.97. The molecule has 0 bridgehead atoms. The molecule has 5 nitrogen and oxygen atoms in total. The number of nitrogens with zero attached hydrogens (tertiary/aromatic N) is 1. The maximum Gasteiger partial charge on any atom is 0.325 e. The molecular weight excluding hydrogens is 282 g/mol. The Hall–Kier alpha value is -2.04. The first-order chi connectivity index (χ1) is 10.5. The summed E-state index contributed by atoms with van der Waals surface area (Å²) >= 11 is 0. The number of carbonyl (C=O) groups excluding carboxylic acids is 2. The molecule has 1 amide bonds. The van der Waals surface area contributed by atoms with Gasteiger partial charge in [0.15, 0.2) is 6.61 Å². The van der Waals surface area contributed by atoms with Gasteiger partial charge < -0.3 is 14.4 Å². The third-order valence-electron chi connectivity index (χ3n) is 3.90. The topological polar surface area (TPSA) is 55.8 Å². The Balaban J connectivity index is 1.94. The van der Waals surface area contributed by atoms with E-state index in [0.717, 1.165) is 12.8 Å². The minimum Gasteiger partial charge on any atom is -0.484 e. The van der Waals surface area contributed by atoms with Gasteiger partial charge in [0.05, 0.1) is 7.11 Å². The summed E-state index contributed by atoms with van der Waals surface area (Å²) in [5.41, 5.74) is 2.67. The second kappa shape index (κ2) is 7.29. The zero-order chi connectivity index (χ0) is 16.1. The fourth-order valence-electron chi connectivity index (χ4n) is 2.63. The van der Waals surface area contributed by atoms with Gasteiger partial charge in [0, 0.05) is 6.04 Å². The van der Waals surface area contributed by atoms with Crippen LogP contribution in [0, 0.1) is 0 Å². The third kappa shape index (κ3) is 4.00. The molecule has 0 saturated heterocycles. The molecule has 0 atom stereocenters. The van der Waals surface area contributed by atoms with E-state index in [9.17, 15) is 9.59 Å². The van der Waals surface area contributed by atoms with Crippen molar-refractivity contribution in [2.45, 2.75) is 39.2 Å². The SMILES string of the molecule is COC(=O)CN(C(=O)COc1ccc2c(c1)CCC2)C(C)C. The van der Waals surface area contributed by atoms with Gasteiger partial charge in [-0.2, -0.15) is 0 Å². The van der Waals surface area contributed by atoms with E-state index in [1.54, 1.807) is 0 Å². The standard InChI is InChI=1S/C17H23NO4/c1-12(2)18(10-17(20)21-3)16(19)11-22-15-8-7-13-5-4-6-14(13)9-15/h7-9,12H,4-6,10-11H2,1-3H3. The molecule has 0 saturated carbocycles. The highest BCUT2D eigenvalue weighted by Gasteiger charge is 2.21. The lowest BCUT2D eigenvalue weighted by atomic mass is 10.1. The number of aryl methyl sites for hydroxylation is 2. The molecule has 0 N–H and O–H groups in total. The second-order valence-electron chi connectivity index (χ2n) is 5.76. The Labute approximate surface area is 131 Å². The predicted octanol–water partition coefficient (Wildman–Crippen LogP) is 1.96. The Morgan fingerprint density at radius 3 is 2.64 bits per heavy atom. The van der Waals surface area contributed by atoms with Crippen LogP contribution in [-0.4, -0.2) is 43.1 Å². The van der Waals surface area contributed by atoms with Gasteiger partial charge in [-0.15, -0.1) is 0 Å². The molecule has 1 aliphatic carbocycles. The van der Waals surface area contributed by atoms with Crippen LogP contribution < -0.4 is 4.74 Å². The van der Waals surface area contributed by atoms with E-state index >= 15 is 0 Å². The Morgan fingerprint density at radius 2 is 1.95 bits per heavy atom. The minimum absolute atomic E-state index is 0.0550. The molecule has 0 unspecified atom stereocenters. The first-order valence-electron chi connectivity index (χ1n) is 7.62. The summed E-state index contributed by atoms with van der Waals surface area (Å²) in [5.74, 6) is 0.0521. The molecule has 1 aromatic carbocycles. The zero-order valence-electron chi connectivity index (χ0n) is 13.4. The molecule has 1 aliphatic rings. The van der Waals surface area contributed by atoms with Crippen molar-refractivity contribution in [1.82, 2.24) is 4.90 Å². The molecule has 120 valence electrons. The number of carbonyl (C=O) groups is 2. The van der Waals surface area contributed by atoms with Crippen LogP contribution in [0.15, 0.2) is 18.2 Å². The number of esters is 1. The highest BCUT2D eigenvalue weighted by molar-refractivity contribution is 5.83. The van der Waals surface area contributed by atoms with Gasteiger partial charge in [0.2, 0.25) is 0 Å². The predicted molar refractivity (Wildman–Crippen MR) is 82.8 cm³/mol. The van der Waals surface area contributed by atoms with E-state index in [1.807, 2.05) is 26.0 Å². The van der Waals surface area contributed by atoms with Crippen LogP contribution in [0.25, 0.3) is 0 Å². The number of ether oxygens (including phenoxy) is 2. The van der Waals surface area contributed by atoms with E-state index in [-0.39, 0.29) is 25.1 Å². The van der Waals surface area contributed by atoms with Gasteiger partial charge in [0.25, 0.3) is 5.91 Å². The molecule has 0 aromatic heterocycles. The Kier molecular flexibility index (Phi) is 5.41. The van der Waals surface area contributed by atoms with Crippen molar-refractivity contribution >= 4 is 11.9 Å². The Morgan fingerprint density at radius 1 is 1.23 bits per heavy atom. The zero-order valence-corrected chi connectivity index (χ0v) is 13.4. The van der Waals surface area contributed by atoms with Crippen LogP contribution in [0.4, 0.5) is 0 Å². The number of fused-ring (bicyclic) bond motifs is 1. The summed E-state index contributed by atoms with van der Waals surface area (Å²) in [7, 11) is 1.31. The van der Waals surface area contributed by atoms with E-state index in [0.29, 0.717) is 5.75 Å². The number of methoxy groups -OCH3 is 1. The van der Waals surface area contributed by atoms with E-state index < -0.39 is 5.97 Å². The van der Waals surface area contributed by atoms with Crippen LogP contribution in [0.3, 0.4) is 0 Å². The largest absolute Gasteiger partial charge is 0.484 e. The van der Waals surface area contributed by atoms with Gasteiger partial charge >= 0.3 is 5.97 Å². The number of amides is 1. The highest BCUT2D eigenvalue weighted by atomic mass is 16.5. The van der Waals surface area contributed by atoms with Crippen LogP contribution in [0.2, 0.25) is 0 Å². The molecule has 2 rings (SSSR count). The van der Waals surface area contributed by atoms with Crippen LogP contribution in [0.5, 0.6) is 5.75 Å². The van der Waals surface area contributed by atoms with Gasteiger partial charge in [-0.1, -0.05) is 6.07 Å². The third-order valence-corrected chi connectivity index (χ3v) is 3.90. The lowest BCUT2D eigenvalue weighted by molar-refractivity contribution is -0.149. The molecule has 0 heterocycles. The summed E-state index contributed by atoms with van der Waals surface area (Å²) in [5, 5.41) is 0. The molecule has 0 aliphatic heterocycles. The molecule has 22 heavy (non-hydrogen) atoms. The summed E-state index contributed by atoms with van der Waals surface area (Å²) in [6.07, 6.45) is 3.37. The summed E-state index contributed by atoms with van der Waals surface area (Å²) in [6.45, 7) is 3.58. The first-order valence-corrected chi connectivity index (χ1v) is 7.62. The fraction of sp³-hybridized carbons (Fsp3) is 0.529. The number of hydrogen-bond donors (Lipinski definition) is 0. The summed E-state index contributed by atoms with van der Waals surface area (Å²) in [6, 6.07) is 5.89. The summed E-state index contributed by atoms with van der Waals surface area (Å²) < 4.78 is 10.2. The molecule has 0 spiro atoms. The second-order valence-corrected chi connectivity index (χ2v) is 5.76. The fourth-order valence-corrected chi connectivity index (χ4v) is 2.63. The van der Waals surface area contributed by atoms with E-state index in [1.165, 1.54) is 29.6 Å². The maximum atomic E-state index is 12.2. The lowest BCUT2D eigenvalue weighted by Gasteiger charge is -2.25. The van der Waals surface area contributed by atoms with Crippen LogP contribution >= 0.6 is 0 Å². The van der Waals surface area contributed by atoms with E-state index in [4.69, 9.17) is 4.74 Å². The van der Waals surface area contributed by atoms with E-state index in [2.05, 4.69) is 10.8 Å². The van der Waals surface area contributed by atoms with Crippen LogP contribution in [-0.2, 0) is 27.2 Å². The number of benzene rings is 1. The number of rotatable bonds is 6. The van der Waals surface area contributed by atoms with Gasteiger partial charge in [0.1, 0.15) is 12.3 Å². The average molecular weight is 305 g/mol. The lowest BCUT2D eigenvalue weighted by Crippen LogP contribution is -2.43. The van der Waals surface area contributed by atoms with Gasteiger partial charge in [-0.05, 0) is 56.4 Å². The van der Waals surface area contributed by atoms with Crippen molar-refractivity contribution in [3.05, 3.63) is 29.3 Å². The smallest absolute Gasteiger partial charge is 0.325 e. The van der Waals surface area contributed by atoms with Crippen LogP contribution in [0.1, 0.15) is 31.4 Å². The van der Waals surface area contributed by atoms with Crippen molar-refractivity contribution < 1.29 is 19.1 Å². The minimum atomic E-state index is -0.431. The van der Waals surface area contributed by atoms with Crippen molar-refractivity contribution in [3.63, 3.8) is 0 Å². The van der Waals surface area contributed by atoms with Crippen molar-refractivity contribution in [2.24, 2.45) is 0 Å². The van der Waals surface area contributed by atoms with Crippen molar-refractivity contribution in [1.29, 1.82) is 0 Å². The normalized spacial score (nSPS) is 12.9. The molecule has 1 aromatic rings. The van der Waals surface area contributed by atoms with Gasteiger partial charge in [-0.25, -0.2) is 0 Å². The Bertz CT molecular complexity index is 554. The molecule has 0 fully saturated rings. The quantitative estimate of drug-likeness (QED) is 0.754. The summed E-state index contributed by atoms with van der Waals surface area (Å²) in [4.78, 5) is 25.1.